The fourth-order valence-corrected chi connectivity index (χ4v) is 1.20. The van der Waals surface area contributed by atoms with Gasteiger partial charge in [0.2, 0.25) is 0 Å². The maximum atomic E-state index is 11.9. The van der Waals surface area contributed by atoms with Crippen molar-refractivity contribution in [3.05, 3.63) is 0 Å². The lowest BCUT2D eigenvalue weighted by Gasteiger charge is -2.22. The highest BCUT2D eigenvalue weighted by molar-refractivity contribution is 4.89. The van der Waals surface area contributed by atoms with E-state index in [9.17, 15) is 13.2 Å². The highest BCUT2D eigenvalue weighted by atomic mass is 19.4. The first-order valence-electron chi connectivity index (χ1n) is 3.66. The van der Waals surface area contributed by atoms with E-state index in [2.05, 4.69) is 4.74 Å². The highest BCUT2D eigenvalue weighted by Crippen LogP contribution is 2.29. The van der Waals surface area contributed by atoms with Gasteiger partial charge >= 0.3 is 6.18 Å². The van der Waals surface area contributed by atoms with Gasteiger partial charge in [0.25, 0.3) is 0 Å². The van der Waals surface area contributed by atoms with Crippen molar-refractivity contribution in [1.29, 1.82) is 0 Å². The molecule has 4 nitrogen and oxygen atoms in total. The maximum absolute atomic E-state index is 11.9. The first kappa shape index (κ1) is 10.7. The van der Waals surface area contributed by atoms with E-state index < -0.39 is 30.7 Å². The smallest absolute Gasteiger partial charge is 0.381 e. The molecule has 0 aromatic rings. The van der Waals surface area contributed by atoms with Crippen LogP contribution in [0, 0.1) is 0 Å². The van der Waals surface area contributed by atoms with Crippen LogP contribution in [0.25, 0.3) is 0 Å². The second-order valence-corrected chi connectivity index (χ2v) is 2.94. The lowest BCUT2D eigenvalue weighted by molar-refractivity contribution is -0.244. The highest BCUT2D eigenvalue weighted by Gasteiger charge is 2.49. The molecule has 1 rings (SSSR count). The van der Waals surface area contributed by atoms with Crippen LogP contribution >= 0.6 is 0 Å². The normalized spacial score (nSPS) is 37.8. The summed E-state index contributed by atoms with van der Waals surface area (Å²) in [5.41, 5.74) is 5.22. The Morgan fingerprint density at radius 2 is 2.00 bits per heavy atom. The fraction of sp³-hybridized carbons (Fsp3) is 1.00. The van der Waals surface area contributed by atoms with E-state index in [0.29, 0.717) is 0 Å². The third-order valence-electron chi connectivity index (χ3n) is 1.86. The summed E-state index contributed by atoms with van der Waals surface area (Å²) >= 11 is 0. The molecule has 0 saturated carbocycles. The number of aliphatic hydroxyl groups excluding tert-OH is 2. The van der Waals surface area contributed by atoms with Crippen molar-refractivity contribution >= 4 is 0 Å². The largest absolute Gasteiger partial charge is 0.416 e. The van der Waals surface area contributed by atoms with Crippen molar-refractivity contribution in [1.82, 2.24) is 0 Å². The van der Waals surface area contributed by atoms with Gasteiger partial charge < -0.3 is 20.7 Å². The van der Waals surface area contributed by atoms with Crippen LogP contribution in [0.3, 0.4) is 0 Å². The van der Waals surface area contributed by atoms with Crippen molar-refractivity contribution < 1.29 is 28.1 Å². The molecule has 1 unspecified atom stereocenters. The van der Waals surface area contributed by atoms with Crippen molar-refractivity contribution in [3.63, 3.8) is 0 Å². The van der Waals surface area contributed by atoms with E-state index in [1.165, 1.54) is 0 Å². The summed E-state index contributed by atoms with van der Waals surface area (Å²) in [5, 5.41) is 17.5. The predicted molar refractivity (Wildman–Crippen MR) is 35.5 cm³/mol. The van der Waals surface area contributed by atoms with Crippen LogP contribution in [-0.4, -0.2) is 40.9 Å². The minimum atomic E-state index is -4.77. The van der Waals surface area contributed by atoms with Crippen LogP contribution in [0.5, 0.6) is 0 Å². The number of ether oxygens (including phenoxy) is 1. The Labute approximate surface area is 72.1 Å². The molecule has 1 fully saturated rings. The standard InChI is InChI=1S/C6H10F3NO3/c7-6(8,9)5(12)4-2(10)1-3(11)13-4/h2-5,11-12H,1,10H2/t2-,3?,4-,5+/m0/s1. The van der Waals surface area contributed by atoms with Gasteiger partial charge in [-0.05, 0) is 0 Å². The zero-order chi connectivity index (χ0) is 10.2. The van der Waals surface area contributed by atoms with Crippen LogP contribution in [0.15, 0.2) is 0 Å². The van der Waals surface area contributed by atoms with Gasteiger partial charge in [0.1, 0.15) is 6.10 Å². The van der Waals surface area contributed by atoms with Gasteiger partial charge in [-0.3, -0.25) is 0 Å². The molecule has 7 heteroatoms. The summed E-state index contributed by atoms with van der Waals surface area (Å²) in [5.74, 6) is 0. The van der Waals surface area contributed by atoms with Gasteiger partial charge in [-0.15, -0.1) is 0 Å². The zero-order valence-electron chi connectivity index (χ0n) is 6.53. The summed E-state index contributed by atoms with van der Waals surface area (Å²) in [7, 11) is 0. The van der Waals surface area contributed by atoms with E-state index in [1.54, 1.807) is 0 Å². The Kier molecular flexibility index (Phi) is 2.81. The average molecular weight is 201 g/mol. The van der Waals surface area contributed by atoms with Crippen LogP contribution in [0.4, 0.5) is 13.2 Å². The second kappa shape index (κ2) is 3.41. The van der Waals surface area contributed by atoms with Crippen molar-refractivity contribution in [2.24, 2.45) is 5.73 Å². The lowest BCUT2D eigenvalue weighted by atomic mass is 10.1. The van der Waals surface area contributed by atoms with Crippen molar-refractivity contribution in [3.8, 4) is 0 Å². The molecular formula is C6H10F3NO3. The topological polar surface area (TPSA) is 75.7 Å². The number of hydrogen-bond donors (Lipinski definition) is 3. The summed E-state index contributed by atoms with van der Waals surface area (Å²) in [4.78, 5) is 0. The van der Waals surface area contributed by atoms with E-state index >= 15 is 0 Å². The molecule has 0 aromatic heterocycles. The molecule has 4 N–H and O–H groups in total. The number of nitrogens with two attached hydrogens (primary N) is 1. The van der Waals surface area contributed by atoms with E-state index in [4.69, 9.17) is 15.9 Å². The van der Waals surface area contributed by atoms with E-state index in [-0.39, 0.29) is 6.42 Å². The summed E-state index contributed by atoms with van der Waals surface area (Å²) in [6.45, 7) is 0. The third-order valence-corrected chi connectivity index (χ3v) is 1.86. The average Bonchev–Trinajstić information content (AvgIpc) is 2.26. The molecule has 0 amide bonds. The van der Waals surface area contributed by atoms with Crippen LogP contribution in [-0.2, 0) is 4.74 Å². The first-order valence-corrected chi connectivity index (χ1v) is 3.66. The Balaban J connectivity index is 2.62. The van der Waals surface area contributed by atoms with Crippen LogP contribution in [0.1, 0.15) is 6.42 Å². The Morgan fingerprint density at radius 1 is 1.46 bits per heavy atom. The van der Waals surface area contributed by atoms with Gasteiger partial charge in [0.05, 0.1) is 0 Å². The Morgan fingerprint density at radius 3 is 2.31 bits per heavy atom. The monoisotopic (exact) mass is 201 g/mol. The number of alkyl halides is 3. The van der Waals surface area contributed by atoms with Gasteiger partial charge in [0, 0.05) is 12.5 Å². The molecular weight excluding hydrogens is 191 g/mol. The van der Waals surface area contributed by atoms with E-state index in [0.717, 1.165) is 0 Å². The van der Waals surface area contributed by atoms with Crippen LogP contribution < -0.4 is 5.73 Å². The molecule has 0 radical (unpaired) electrons. The summed E-state index contributed by atoms with van der Waals surface area (Å²) in [6.07, 6.45) is -10.4. The summed E-state index contributed by atoms with van der Waals surface area (Å²) < 4.78 is 40.2. The molecule has 4 atom stereocenters. The SMILES string of the molecule is N[C@H]1CC(O)O[C@@H]1[C@@H](O)C(F)(F)F. The molecule has 1 heterocycles. The molecule has 0 spiro atoms. The lowest BCUT2D eigenvalue weighted by Crippen LogP contribution is -2.47. The number of aliphatic hydroxyl groups is 2. The minimum absolute atomic E-state index is 0.0994. The van der Waals surface area contributed by atoms with Gasteiger partial charge in [-0.1, -0.05) is 0 Å². The molecule has 1 aliphatic rings. The van der Waals surface area contributed by atoms with Crippen molar-refractivity contribution in [2.45, 2.75) is 37.1 Å². The predicted octanol–water partition coefficient (Wildman–Crippen LogP) is -0.656. The Hall–Kier alpha value is -0.370. The van der Waals surface area contributed by atoms with Crippen molar-refractivity contribution in [2.75, 3.05) is 0 Å². The van der Waals surface area contributed by atoms with Crippen LogP contribution in [0.2, 0.25) is 0 Å². The molecule has 0 aliphatic carbocycles. The minimum Gasteiger partial charge on any atom is -0.381 e. The fourth-order valence-electron chi connectivity index (χ4n) is 1.20. The molecule has 0 bridgehead atoms. The van der Waals surface area contributed by atoms with Gasteiger partial charge in [-0.25, -0.2) is 0 Å². The second-order valence-electron chi connectivity index (χ2n) is 2.94. The number of rotatable bonds is 1. The first-order chi connectivity index (χ1) is 5.82. The molecule has 1 aliphatic heterocycles. The van der Waals surface area contributed by atoms with E-state index in [1.807, 2.05) is 0 Å². The molecule has 0 aromatic carbocycles. The molecule has 13 heavy (non-hydrogen) atoms. The summed E-state index contributed by atoms with van der Waals surface area (Å²) in [6, 6.07) is -0.994. The van der Waals surface area contributed by atoms with Gasteiger partial charge in [0.15, 0.2) is 12.4 Å². The maximum Gasteiger partial charge on any atom is 0.416 e. The molecule has 78 valence electrons. The third kappa shape index (κ3) is 2.31. The van der Waals surface area contributed by atoms with Gasteiger partial charge in [-0.2, -0.15) is 13.2 Å². The molecule has 1 saturated heterocycles. The quantitative estimate of drug-likeness (QED) is 0.526. The zero-order valence-corrected chi connectivity index (χ0v) is 6.53. The number of hydrogen-bond acceptors (Lipinski definition) is 4. The number of halogens is 3. The Bertz CT molecular complexity index is 186.